The van der Waals surface area contributed by atoms with Crippen LogP contribution in [0.4, 0.5) is 4.39 Å². The van der Waals surface area contributed by atoms with Crippen LogP contribution in [-0.4, -0.2) is 17.6 Å². The van der Waals surface area contributed by atoms with Gasteiger partial charge >= 0.3 is 5.97 Å². The van der Waals surface area contributed by atoms with E-state index in [4.69, 9.17) is 0 Å². The number of hydrogen-bond donors (Lipinski definition) is 2. The van der Waals surface area contributed by atoms with Gasteiger partial charge in [0.1, 0.15) is 11.4 Å². The number of fused-ring (bicyclic) bond motifs is 1. The van der Waals surface area contributed by atoms with Crippen LogP contribution in [0.15, 0.2) is 18.2 Å². The molecule has 4 heteroatoms. The Labute approximate surface area is 106 Å². The zero-order valence-electron chi connectivity index (χ0n) is 10.7. The molecule has 0 spiro atoms. The number of carboxylic acids is 1. The fraction of sp³-hybridized carbons (Fsp3) is 0.500. The lowest BCUT2D eigenvalue weighted by Gasteiger charge is -2.28. The molecule has 0 aromatic heterocycles. The van der Waals surface area contributed by atoms with E-state index in [1.807, 2.05) is 13.8 Å². The molecule has 1 aromatic carbocycles. The lowest BCUT2D eigenvalue weighted by atomic mass is 9.91. The van der Waals surface area contributed by atoms with E-state index in [2.05, 4.69) is 5.32 Å². The molecule has 1 aromatic rings. The molecule has 0 amide bonds. The van der Waals surface area contributed by atoms with Crippen molar-refractivity contribution in [2.24, 2.45) is 5.92 Å². The maximum Gasteiger partial charge on any atom is 0.328 e. The van der Waals surface area contributed by atoms with Crippen LogP contribution >= 0.6 is 0 Å². The molecule has 0 bridgehead atoms. The van der Waals surface area contributed by atoms with Crippen LogP contribution in [0.3, 0.4) is 0 Å². The Kier molecular flexibility index (Phi) is 3.39. The van der Waals surface area contributed by atoms with E-state index >= 15 is 0 Å². The molecular formula is C14H18FNO2. The minimum Gasteiger partial charge on any atom is -0.480 e. The van der Waals surface area contributed by atoms with Crippen molar-refractivity contribution in [3.8, 4) is 0 Å². The molecule has 0 saturated heterocycles. The number of halogens is 1. The summed E-state index contributed by atoms with van der Waals surface area (Å²) in [4.78, 5) is 11.6. The second-order valence-corrected chi connectivity index (χ2v) is 5.25. The number of hydrogen-bond acceptors (Lipinski definition) is 2. The van der Waals surface area contributed by atoms with Crippen molar-refractivity contribution in [1.82, 2.24) is 5.32 Å². The van der Waals surface area contributed by atoms with Gasteiger partial charge in [-0.25, -0.2) is 9.18 Å². The van der Waals surface area contributed by atoms with Gasteiger partial charge in [0.25, 0.3) is 0 Å². The Morgan fingerprint density at radius 1 is 1.56 bits per heavy atom. The summed E-state index contributed by atoms with van der Waals surface area (Å²) in [5.74, 6) is -0.881. The number of aliphatic carboxylic acids is 1. The fourth-order valence-electron chi connectivity index (χ4n) is 2.52. The quantitative estimate of drug-likeness (QED) is 0.863. The smallest absolute Gasteiger partial charge is 0.328 e. The number of carbonyl (C=O) groups is 1. The van der Waals surface area contributed by atoms with Crippen molar-refractivity contribution in [1.29, 1.82) is 0 Å². The SMILES string of the molecule is CC(C)CNC1(C(=O)O)CCc2c(F)cccc21. The van der Waals surface area contributed by atoms with E-state index in [0.29, 0.717) is 36.4 Å². The van der Waals surface area contributed by atoms with Gasteiger partial charge in [0.05, 0.1) is 0 Å². The van der Waals surface area contributed by atoms with Gasteiger partial charge in [-0.05, 0) is 42.5 Å². The highest BCUT2D eigenvalue weighted by molar-refractivity contribution is 5.82. The normalized spacial score (nSPS) is 22.2. The van der Waals surface area contributed by atoms with Crippen molar-refractivity contribution >= 4 is 5.97 Å². The first-order valence-corrected chi connectivity index (χ1v) is 6.23. The second kappa shape index (κ2) is 4.69. The molecule has 0 saturated carbocycles. The van der Waals surface area contributed by atoms with E-state index < -0.39 is 11.5 Å². The third-order valence-corrected chi connectivity index (χ3v) is 3.51. The Morgan fingerprint density at radius 3 is 2.89 bits per heavy atom. The minimum absolute atomic E-state index is 0.304. The molecule has 1 unspecified atom stereocenters. The van der Waals surface area contributed by atoms with Gasteiger partial charge in [-0.3, -0.25) is 5.32 Å². The first-order valence-electron chi connectivity index (χ1n) is 6.23. The Bertz CT molecular complexity index is 473. The van der Waals surface area contributed by atoms with Crippen LogP contribution in [0.1, 0.15) is 31.4 Å². The molecule has 1 aliphatic carbocycles. The summed E-state index contributed by atoms with van der Waals surface area (Å²) < 4.78 is 13.7. The molecule has 2 N–H and O–H groups in total. The van der Waals surface area contributed by atoms with Crippen molar-refractivity contribution in [2.75, 3.05) is 6.54 Å². The summed E-state index contributed by atoms with van der Waals surface area (Å²) in [6.45, 7) is 4.64. The van der Waals surface area contributed by atoms with Crippen molar-refractivity contribution in [3.05, 3.63) is 35.1 Å². The number of nitrogens with one attached hydrogen (secondary N) is 1. The van der Waals surface area contributed by atoms with E-state index in [0.717, 1.165) is 0 Å². The number of benzene rings is 1. The van der Waals surface area contributed by atoms with Gasteiger partial charge in [-0.1, -0.05) is 26.0 Å². The molecular weight excluding hydrogens is 233 g/mol. The topological polar surface area (TPSA) is 49.3 Å². The monoisotopic (exact) mass is 251 g/mol. The lowest BCUT2D eigenvalue weighted by Crippen LogP contribution is -2.48. The summed E-state index contributed by atoms with van der Waals surface area (Å²) in [5.41, 5.74) is -0.00590. The predicted molar refractivity (Wildman–Crippen MR) is 66.9 cm³/mol. The molecule has 0 aliphatic heterocycles. The largest absolute Gasteiger partial charge is 0.480 e. The van der Waals surface area contributed by atoms with Gasteiger partial charge in [0.15, 0.2) is 0 Å². The maximum absolute atomic E-state index is 13.7. The van der Waals surface area contributed by atoms with Gasteiger partial charge in [0, 0.05) is 0 Å². The van der Waals surface area contributed by atoms with E-state index in [1.54, 1.807) is 12.1 Å². The van der Waals surface area contributed by atoms with E-state index in [-0.39, 0.29) is 5.82 Å². The molecule has 0 radical (unpaired) electrons. The van der Waals surface area contributed by atoms with Crippen LogP contribution in [-0.2, 0) is 16.8 Å². The second-order valence-electron chi connectivity index (χ2n) is 5.25. The average molecular weight is 251 g/mol. The van der Waals surface area contributed by atoms with Crippen LogP contribution in [0.25, 0.3) is 0 Å². The van der Waals surface area contributed by atoms with Crippen LogP contribution in [0.2, 0.25) is 0 Å². The summed E-state index contributed by atoms with van der Waals surface area (Å²) in [5, 5.41) is 12.6. The highest BCUT2D eigenvalue weighted by atomic mass is 19.1. The van der Waals surface area contributed by atoms with Crippen molar-refractivity contribution < 1.29 is 14.3 Å². The average Bonchev–Trinajstić information content (AvgIpc) is 2.68. The minimum atomic E-state index is -1.12. The first-order chi connectivity index (χ1) is 8.47. The summed E-state index contributed by atoms with van der Waals surface area (Å²) >= 11 is 0. The molecule has 1 atom stereocenters. The Hall–Kier alpha value is -1.42. The molecule has 0 heterocycles. The molecule has 2 rings (SSSR count). The van der Waals surface area contributed by atoms with Crippen LogP contribution < -0.4 is 5.32 Å². The van der Waals surface area contributed by atoms with Gasteiger partial charge < -0.3 is 5.11 Å². The molecule has 1 aliphatic rings. The maximum atomic E-state index is 13.7. The number of rotatable bonds is 4. The van der Waals surface area contributed by atoms with Crippen LogP contribution in [0, 0.1) is 11.7 Å². The van der Waals surface area contributed by atoms with Gasteiger partial charge in [-0.2, -0.15) is 0 Å². The Balaban J connectivity index is 2.41. The molecule has 18 heavy (non-hydrogen) atoms. The zero-order chi connectivity index (χ0) is 13.3. The Morgan fingerprint density at radius 2 is 2.28 bits per heavy atom. The zero-order valence-corrected chi connectivity index (χ0v) is 10.7. The number of carboxylic acid groups (broad SMARTS) is 1. The summed E-state index contributed by atoms with van der Waals surface area (Å²) in [6.07, 6.45) is 0.880. The van der Waals surface area contributed by atoms with Crippen molar-refractivity contribution in [3.63, 3.8) is 0 Å². The highest BCUT2D eigenvalue weighted by Crippen LogP contribution is 2.38. The third kappa shape index (κ3) is 2.01. The molecule has 3 nitrogen and oxygen atoms in total. The third-order valence-electron chi connectivity index (χ3n) is 3.51. The summed E-state index contributed by atoms with van der Waals surface area (Å²) in [6, 6.07) is 4.68. The summed E-state index contributed by atoms with van der Waals surface area (Å²) in [7, 11) is 0. The first kappa shape index (κ1) is 13.0. The van der Waals surface area contributed by atoms with Gasteiger partial charge in [0.2, 0.25) is 0 Å². The molecule has 98 valence electrons. The van der Waals surface area contributed by atoms with Gasteiger partial charge in [-0.15, -0.1) is 0 Å². The molecule has 0 fully saturated rings. The van der Waals surface area contributed by atoms with Crippen molar-refractivity contribution in [2.45, 2.75) is 32.2 Å². The predicted octanol–water partition coefficient (Wildman–Crippen LogP) is 2.30. The van der Waals surface area contributed by atoms with Crippen LogP contribution in [0.5, 0.6) is 0 Å². The highest BCUT2D eigenvalue weighted by Gasteiger charge is 2.46. The fourth-order valence-corrected chi connectivity index (χ4v) is 2.52. The lowest BCUT2D eigenvalue weighted by molar-refractivity contribution is -0.145. The van der Waals surface area contributed by atoms with E-state index in [9.17, 15) is 14.3 Å². The standard InChI is InChI=1S/C14H18FNO2/c1-9(2)8-16-14(13(17)18)7-6-10-11(14)4-3-5-12(10)15/h3-5,9,16H,6-8H2,1-2H3,(H,17,18). The van der Waals surface area contributed by atoms with E-state index in [1.165, 1.54) is 6.07 Å².